The van der Waals surface area contributed by atoms with Gasteiger partial charge in [0.1, 0.15) is 5.03 Å². The second-order valence-electron chi connectivity index (χ2n) is 8.45. The molecule has 0 spiro atoms. The monoisotopic (exact) mass is 405 g/mol. The number of rotatable bonds is 2. The van der Waals surface area contributed by atoms with Gasteiger partial charge in [-0.15, -0.1) is 0 Å². The van der Waals surface area contributed by atoms with Crippen LogP contribution in [0.1, 0.15) is 35.7 Å². The normalized spacial score (nSPS) is 21.2. The lowest BCUT2D eigenvalue weighted by molar-refractivity contribution is 0.503. The fourth-order valence-electron chi connectivity index (χ4n) is 5.43. The van der Waals surface area contributed by atoms with Crippen molar-refractivity contribution in [3.8, 4) is 0 Å². The summed E-state index contributed by atoms with van der Waals surface area (Å²) in [6.45, 7) is 2.07. The van der Waals surface area contributed by atoms with E-state index in [0.29, 0.717) is 10.9 Å². The van der Waals surface area contributed by atoms with E-state index in [4.69, 9.17) is 0 Å². The Morgan fingerprint density at radius 2 is 1.93 bits per heavy atom. The van der Waals surface area contributed by atoms with Crippen molar-refractivity contribution in [2.24, 2.45) is 7.05 Å². The second-order valence-corrected chi connectivity index (χ2v) is 10.3. The summed E-state index contributed by atoms with van der Waals surface area (Å²) < 4.78 is 29.8. The number of aryl methyl sites for hydroxylation is 2. The number of aromatic nitrogens is 2. The summed E-state index contributed by atoms with van der Waals surface area (Å²) in [7, 11) is -1.60. The van der Waals surface area contributed by atoms with Crippen molar-refractivity contribution in [3.05, 3.63) is 59.3 Å². The molecule has 2 aliphatic rings. The van der Waals surface area contributed by atoms with Crippen LogP contribution in [0.5, 0.6) is 0 Å². The maximum absolute atomic E-state index is 13.8. The van der Waals surface area contributed by atoms with Gasteiger partial charge in [-0.2, -0.15) is 0 Å². The molecule has 0 radical (unpaired) electrons. The zero-order chi connectivity index (χ0) is 19.9. The minimum atomic E-state index is -3.68. The van der Waals surface area contributed by atoms with Crippen LogP contribution in [0, 0.1) is 6.92 Å². The number of hydrogen-bond donors (Lipinski definition) is 2. The third kappa shape index (κ3) is 2.27. The second kappa shape index (κ2) is 5.74. The topological polar surface area (TPSA) is 66.9 Å². The van der Waals surface area contributed by atoms with Crippen LogP contribution >= 0.6 is 0 Å². The molecule has 2 unspecified atom stereocenters. The lowest BCUT2D eigenvalue weighted by atomic mass is 9.98. The maximum atomic E-state index is 13.8. The Balaban J connectivity index is 1.67. The van der Waals surface area contributed by atoms with Gasteiger partial charge in [-0.3, -0.25) is 0 Å². The van der Waals surface area contributed by atoms with Gasteiger partial charge in [-0.05, 0) is 49.1 Å². The molecule has 0 aliphatic carbocycles. The van der Waals surface area contributed by atoms with Crippen molar-refractivity contribution in [1.82, 2.24) is 14.9 Å². The van der Waals surface area contributed by atoms with Gasteiger partial charge in [0.05, 0.1) is 10.4 Å². The van der Waals surface area contributed by atoms with Gasteiger partial charge in [0.25, 0.3) is 0 Å². The van der Waals surface area contributed by atoms with Crippen molar-refractivity contribution in [1.29, 1.82) is 0 Å². The molecule has 148 valence electrons. The van der Waals surface area contributed by atoms with Crippen molar-refractivity contribution in [3.63, 3.8) is 0 Å². The Bertz CT molecular complexity index is 1380. The van der Waals surface area contributed by atoms with Crippen LogP contribution in [0.2, 0.25) is 0 Å². The molecule has 2 aliphatic heterocycles. The van der Waals surface area contributed by atoms with Crippen molar-refractivity contribution < 1.29 is 8.42 Å². The van der Waals surface area contributed by atoms with Crippen LogP contribution in [0.15, 0.2) is 52.4 Å². The molecule has 2 bridgehead atoms. The highest BCUT2D eigenvalue weighted by atomic mass is 32.2. The summed E-state index contributed by atoms with van der Waals surface area (Å²) in [5, 5.41) is 5.76. The molecule has 4 heterocycles. The van der Waals surface area contributed by atoms with Gasteiger partial charge in [0.15, 0.2) is 0 Å². The number of benzene rings is 2. The highest BCUT2D eigenvalue weighted by Gasteiger charge is 2.38. The standard InChI is InChI=1S/C23H23N3O2S/c1-13-7-10-19(29(27,28)20-11-14-5-3-4-6-16(14)25-20)22-21-17-9-8-15(24-17)12-18(21)26(2)23(13)22/h3-7,10-11,15,17,24-25H,8-9,12H2,1-2H3. The first-order valence-electron chi connectivity index (χ1n) is 10.1. The summed E-state index contributed by atoms with van der Waals surface area (Å²) in [5.41, 5.74) is 5.47. The van der Waals surface area contributed by atoms with E-state index in [1.54, 1.807) is 12.1 Å². The summed E-state index contributed by atoms with van der Waals surface area (Å²) >= 11 is 0. The molecule has 0 amide bonds. The van der Waals surface area contributed by atoms with E-state index in [1.807, 2.05) is 30.3 Å². The molecule has 29 heavy (non-hydrogen) atoms. The molecule has 2 N–H and O–H groups in total. The van der Waals surface area contributed by atoms with E-state index in [0.717, 1.165) is 46.6 Å². The van der Waals surface area contributed by atoms with Crippen LogP contribution in [0.3, 0.4) is 0 Å². The van der Waals surface area contributed by atoms with Crippen molar-refractivity contribution >= 4 is 31.6 Å². The molecule has 1 fully saturated rings. The third-order valence-corrected chi connectivity index (χ3v) is 8.49. The van der Waals surface area contributed by atoms with Crippen LogP contribution < -0.4 is 5.32 Å². The lowest BCUT2D eigenvalue weighted by Crippen LogP contribution is -2.32. The Kier molecular flexibility index (Phi) is 3.42. The Labute approximate surface area is 169 Å². The first-order valence-corrected chi connectivity index (χ1v) is 11.6. The Morgan fingerprint density at radius 1 is 1.10 bits per heavy atom. The molecule has 2 aromatic heterocycles. The van der Waals surface area contributed by atoms with Crippen molar-refractivity contribution in [2.45, 2.75) is 48.2 Å². The molecule has 2 aromatic carbocycles. The van der Waals surface area contributed by atoms with E-state index in [9.17, 15) is 8.42 Å². The zero-order valence-electron chi connectivity index (χ0n) is 16.5. The summed E-state index contributed by atoms with van der Waals surface area (Å²) in [6.07, 6.45) is 3.18. The number of sulfone groups is 1. The van der Waals surface area contributed by atoms with E-state index in [-0.39, 0.29) is 11.1 Å². The fourth-order valence-corrected chi connectivity index (χ4v) is 6.91. The molecule has 6 rings (SSSR count). The Morgan fingerprint density at radius 3 is 2.76 bits per heavy atom. The predicted octanol–water partition coefficient (Wildman–Crippen LogP) is 4.15. The molecular weight excluding hydrogens is 382 g/mol. The van der Waals surface area contributed by atoms with E-state index in [2.05, 4.69) is 28.8 Å². The van der Waals surface area contributed by atoms with Crippen LogP contribution in [-0.2, 0) is 23.3 Å². The van der Waals surface area contributed by atoms with Gasteiger partial charge in [-0.25, -0.2) is 8.42 Å². The smallest absolute Gasteiger partial charge is 0.222 e. The van der Waals surface area contributed by atoms with E-state index >= 15 is 0 Å². The summed E-state index contributed by atoms with van der Waals surface area (Å²) in [6, 6.07) is 13.9. The number of nitrogens with one attached hydrogen (secondary N) is 2. The first-order chi connectivity index (χ1) is 13.9. The van der Waals surface area contributed by atoms with E-state index < -0.39 is 9.84 Å². The zero-order valence-corrected chi connectivity index (χ0v) is 17.3. The number of aromatic amines is 1. The van der Waals surface area contributed by atoms with Gasteiger partial charge >= 0.3 is 0 Å². The number of H-pyrrole nitrogens is 1. The van der Waals surface area contributed by atoms with Gasteiger partial charge in [0, 0.05) is 47.5 Å². The third-order valence-electron chi connectivity index (χ3n) is 6.78. The highest BCUT2D eigenvalue weighted by Crippen LogP contribution is 2.45. The van der Waals surface area contributed by atoms with Crippen LogP contribution in [-0.4, -0.2) is 24.0 Å². The molecule has 4 aromatic rings. The number of fused-ring (bicyclic) bond motifs is 7. The maximum Gasteiger partial charge on any atom is 0.222 e. The SMILES string of the molecule is Cc1ccc(S(=O)(=O)c2cc3ccccc3[nH]2)c2c3c(n(C)c12)CC1CCC3N1. The first kappa shape index (κ1) is 17.3. The molecule has 5 nitrogen and oxygen atoms in total. The summed E-state index contributed by atoms with van der Waals surface area (Å²) in [4.78, 5) is 3.53. The molecule has 1 saturated heterocycles. The van der Waals surface area contributed by atoms with Gasteiger partial charge in [-0.1, -0.05) is 24.3 Å². The highest BCUT2D eigenvalue weighted by molar-refractivity contribution is 7.91. The number of nitrogens with zero attached hydrogens (tertiary/aromatic N) is 1. The quantitative estimate of drug-likeness (QED) is 0.526. The lowest BCUT2D eigenvalue weighted by Gasteiger charge is -2.23. The average Bonchev–Trinajstić information content (AvgIpc) is 3.38. The Hall–Kier alpha value is -2.57. The largest absolute Gasteiger partial charge is 0.347 e. The van der Waals surface area contributed by atoms with Crippen LogP contribution in [0.4, 0.5) is 0 Å². The minimum absolute atomic E-state index is 0.242. The average molecular weight is 406 g/mol. The molecule has 6 heteroatoms. The minimum Gasteiger partial charge on any atom is -0.347 e. The fraction of sp³-hybridized carbons (Fsp3) is 0.304. The van der Waals surface area contributed by atoms with Gasteiger partial charge in [0.2, 0.25) is 9.84 Å². The number of hydrogen-bond acceptors (Lipinski definition) is 3. The van der Waals surface area contributed by atoms with Crippen molar-refractivity contribution in [2.75, 3.05) is 0 Å². The molecular formula is C23H23N3O2S. The molecule has 0 saturated carbocycles. The number of para-hydroxylation sites is 1. The van der Waals surface area contributed by atoms with Crippen LogP contribution in [0.25, 0.3) is 21.8 Å². The molecule has 2 atom stereocenters. The van der Waals surface area contributed by atoms with E-state index in [1.165, 1.54) is 11.3 Å². The summed E-state index contributed by atoms with van der Waals surface area (Å²) in [5.74, 6) is 0. The van der Waals surface area contributed by atoms with Gasteiger partial charge < -0.3 is 14.9 Å². The predicted molar refractivity (Wildman–Crippen MR) is 114 cm³/mol.